The van der Waals surface area contributed by atoms with Crippen molar-refractivity contribution in [3.05, 3.63) is 108 Å². The van der Waals surface area contributed by atoms with E-state index in [1.54, 1.807) is 7.11 Å². The number of hydrogen-bond acceptors (Lipinski definition) is 2. The lowest BCUT2D eigenvalue weighted by molar-refractivity contribution is 0.411. The van der Waals surface area contributed by atoms with Crippen LogP contribution in [0.4, 0.5) is 0 Å². The SMILES string of the molecule is COc1ccc2ccccc2c1C(Sc1ccccc1)c1ccccc1. The molecule has 4 rings (SSSR count). The number of thioether (sulfide) groups is 1. The Bertz CT molecular complexity index is 996. The molecule has 0 saturated carbocycles. The zero-order chi connectivity index (χ0) is 17.8. The number of benzene rings is 4. The second-order valence-electron chi connectivity index (χ2n) is 6.12. The van der Waals surface area contributed by atoms with Gasteiger partial charge in [-0.25, -0.2) is 0 Å². The number of ether oxygens (including phenoxy) is 1. The molecule has 2 heteroatoms. The highest BCUT2D eigenvalue weighted by Gasteiger charge is 2.22. The lowest BCUT2D eigenvalue weighted by atomic mass is 9.97. The van der Waals surface area contributed by atoms with Gasteiger partial charge >= 0.3 is 0 Å². The van der Waals surface area contributed by atoms with Gasteiger partial charge in [0.05, 0.1) is 12.4 Å². The molecular formula is C24H20OS. The Hall–Kier alpha value is -2.71. The molecule has 0 bridgehead atoms. The third kappa shape index (κ3) is 3.33. The van der Waals surface area contributed by atoms with Crippen LogP contribution in [-0.4, -0.2) is 7.11 Å². The van der Waals surface area contributed by atoms with Crippen molar-refractivity contribution in [3.63, 3.8) is 0 Å². The zero-order valence-electron chi connectivity index (χ0n) is 14.6. The van der Waals surface area contributed by atoms with Gasteiger partial charge in [0.2, 0.25) is 0 Å². The molecule has 0 heterocycles. The average molecular weight is 356 g/mol. The predicted molar refractivity (Wildman–Crippen MR) is 111 cm³/mol. The largest absolute Gasteiger partial charge is 0.496 e. The summed E-state index contributed by atoms with van der Waals surface area (Å²) in [5.74, 6) is 0.931. The molecule has 4 aromatic carbocycles. The van der Waals surface area contributed by atoms with Crippen molar-refractivity contribution in [2.45, 2.75) is 10.1 Å². The lowest BCUT2D eigenvalue weighted by Crippen LogP contribution is -2.01. The van der Waals surface area contributed by atoms with Crippen LogP contribution in [0.2, 0.25) is 0 Å². The minimum atomic E-state index is 0.152. The molecule has 0 aliphatic carbocycles. The summed E-state index contributed by atoms with van der Waals surface area (Å²) in [4.78, 5) is 1.25. The minimum Gasteiger partial charge on any atom is -0.496 e. The number of methoxy groups -OCH3 is 1. The summed E-state index contributed by atoms with van der Waals surface area (Å²) in [5.41, 5.74) is 2.50. The number of rotatable bonds is 5. The Morgan fingerprint density at radius 2 is 1.35 bits per heavy atom. The monoisotopic (exact) mass is 356 g/mol. The van der Waals surface area contributed by atoms with Gasteiger partial charge in [0.25, 0.3) is 0 Å². The van der Waals surface area contributed by atoms with Crippen LogP contribution >= 0.6 is 11.8 Å². The summed E-state index contributed by atoms with van der Waals surface area (Å²) >= 11 is 1.86. The van der Waals surface area contributed by atoms with Gasteiger partial charge in [-0.2, -0.15) is 0 Å². The maximum Gasteiger partial charge on any atom is 0.124 e. The van der Waals surface area contributed by atoms with Gasteiger partial charge in [0.1, 0.15) is 5.75 Å². The zero-order valence-corrected chi connectivity index (χ0v) is 15.4. The number of fused-ring (bicyclic) bond motifs is 1. The van der Waals surface area contributed by atoms with Crippen LogP contribution in [0.5, 0.6) is 5.75 Å². The summed E-state index contributed by atoms with van der Waals surface area (Å²) in [6.07, 6.45) is 0. The Morgan fingerprint density at radius 3 is 2.08 bits per heavy atom. The van der Waals surface area contributed by atoms with Gasteiger partial charge in [-0.15, -0.1) is 11.8 Å². The molecule has 0 aromatic heterocycles. The van der Waals surface area contributed by atoms with Gasteiger partial charge in [-0.3, -0.25) is 0 Å². The molecule has 1 nitrogen and oxygen atoms in total. The Labute approximate surface area is 158 Å². The first kappa shape index (κ1) is 16.7. The predicted octanol–water partition coefficient (Wildman–Crippen LogP) is 6.73. The average Bonchev–Trinajstić information content (AvgIpc) is 2.73. The summed E-state index contributed by atoms with van der Waals surface area (Å²) in [5, 5.41) is 2.63. The fourth-order valence-electron chi connectivity index (χ4n) is 3.28. The maximum atomic E-state index is 5.78. The van der Waals surface area contributed by atoms with Crippen LogP contribution in [0.25, 0.3) is 10.8 Å². The quantitative estimate of drug-likeness (QED) is 0.367. The van der Waals surface area contributed by atoms with E-state index in [1.807, 2.05) is 11.8 Å². The molecular weight excluding hydrogens is 336 g/mol. The van der Waals surface area contributed by atoms with Crippen molar-refractivity contribution < 1.29 is 4.74 Å². The fourth-order valence-corrected chi connectivity index (χ4v) is 4.52. The fraction of sp³-hybridized carbons (Fsp3) is 0.0833. The third-order valence-electron chi connectivity index (χ3n) is 4.51. The van der Waals surface area contributed by atoms with Gasteiger partial charge < -0.3 is 4.74 Å². The minimum absolute atomic E-state index is 0.152. The second-order valence-corrected chi connectivity index (χ2v) is 7.30. The van der Waals surface area contributed by atoms with Crippen molar-refractivity contribution in [1.82, 2.24) is 0 Å². The van der Waals surface area contributed by atoms with Crippen LogP contribution in [0.1, 0.15) is 16.4 Å². The molecule has 1 atom stereocenters. The second kappa shape index (κ2) is 7.67. The lowest BCUT2D eigenvalue weighted by Gasteiger charge is -2.22. The summed E-state index contributed by atoms with van der Waals surface area (Å²) in [7, 11) is 1.75. The normalized spacial score (nSPS) is 12.0. The molecule has 4 aromatic rings. The van der Waals surface area contributed by atoms with Crippen LogP contribution in [0, 0.1) is 0 Å². The van der Waals surface area contributed by atoms with Crippen LogP contribution in [0.3, 0.4) is 0 Å². The van der Waals surface area contributed by atoms with Gasteiger partial charge in [0.15, 0.2) is 0 Å². The molecule has 0 aliphatic heterocycles. The van der Waals surface area contributed by atoms with Crippen LogP contribution in [-0.2, 0) is 0 Å². The van der Waals surface area contributed by atoms with Gasteiger partial charge in [0, 0.05) is 10.5 Å². The highest BCUT2D eigenvalue weighted by atomic mass is 32.2. The molecule has 0 N–H and O–H groups in total. The molecule has 0 aliphatic rings. The van der Waals surface area contributed by atoms with Crippen molar-refractivity contribution >= 4 is 22.5 Å². The summed E-state index contributed by atoms with van der Waals surface area (Å²) in [6, 6.07) is 34.0. The molecule has 0 radical (unpaired) electrons. The number of hydrogen-bond donors (Lipinski definition) is 0. The molecule has 0 fully saturated rings. The van der Waals surface area contributed by atoms with Crippen molar-refractivity contribution in [1.29, 1.82) is 0 Å². The van der Waals surface area contributed by atoms with E-state index in [1.165, 1.54) is 26.8 Å². The van der Waals surface area contributed by atoms with E-state index in [4.69, 9.17) is 4.74 Å². The third-order valence-corrected chi connectivity index (χ3v) is 5.80. The van der Waals surface area contributed by atoms with E-state index in [9.17, 15) is 0 Å². The first-order valence-corrected chi connectivity index (χ1v) is 9.57. The van der Waals surface area contributed by atoms with Crippen LogP contribution < -0.4 is 4.74 Å². The maximum absolute atomic E-state index is 5.78. The Morgan fingerprint density at radius 1 is 0.692 bits per heavy atom. The first-order chi connectivity index (χ1) is 12.9. The van der Waals surface area contributed by atoms with E-state index in [2.05, 4.69) is 97.1 Å². The Balaban J connectivity index is 1.93. The summed E-state index contributed by atoms with van der Waals surface area (Å²) < 4.78 is 5.78. The van der Waals surface area contributed by atoms with Crippen molar-refractivity contribution in [3.8, 4) is 5.75 Å². The molecule has 0 saturated heterocycles. The van der Waals surface area contributed by atoms with Crippen molar-refractivity contribution in [2.75, 3.05) is 7.11 Å². The standard InChI is InChI=1S/C24H20OS/c1-25-22-17-16-18-10-8-9-15-21(18)23(22)24(19-11-4-2-5-12-19)26-20-13-6-3-7-14-20/h2-17,24H,1H3. The van der Waals surface area contributed by atoms with E-state index in [-0.39, 0.29) is 5.25 Å². The van der Waals surface area contributed by atoms with E-state index in [0.717, 1.165) is 5.75 Å². The molecule has 128 valence electrons. The summed E-state index contributed by atoms with van der Waals surface area (Å²) in [6.45, 7) is 0. The van der Waals surface area contributed by atoms with Gasteiger partial charge in [-0.1, -0.05) is 78.9 Å². The molecule has 0 amide bonds. The molecule has 26 heavy (non-hydrogen) atoms. The van der Waals surface area contributed by atoms with Gasteiger partial charge in [-0.05, 0) is 34.5 Å². The highest BCUT2D eigenvalue weighted by Crippen LogP contribution is 2.46. The van der Waals surface area contributed by atoms with Crippen molar-refractivity contribution in [2.24, 2.45) is 0 Å². The molecule has 1 unspecified atom stereocenters. The van der Waals surface area contributed by atoms with E-state index in [0.29, 0.717) is 0 Å². The van der Waals surface area contributed by atoms with E-state index >= 15 is 0 Å². The topological polar surface area (TPSA) is 9.23 Å². The Kier molecular flexibility index (Phi) is 4.94. The highest BCUT2D eigenvalue weighted by molar-refractivity contribution is 7.99. The smallest absolute Gasteiger partial charge is 0.124 e. The van der Waals surface area contributed by atoms with Crippen LogP contribution in [0.15, 0.2) is 102 Å². The first-order valence-electron chi connectivity index (χ1n) is 8.69. The molecule has 0 spiro atoms. The van der Waals surface area contributed by atoms with E-state index < -0.39 is 0 Å².